The van der Waals surface area contributed by atoms with E-state index in [2.05, 4.69) is 20.9 Å². The second kappa shape index (κ2) is 13.9. The van der Waals surface area contributed by atoms with Gasteiger partial charge >= 0.3 is 0 Å². The van der Waals surface area contributed by atoms with E-state index in [1.807, 2.05) is 93.6 Å². The zero-order chi connectivity index (χ0) is 26.6. The second-order valence-electron chi connectivity index (χ2n) is 9.21. The highest BCUT2D eigenvalue weighted by Gasteiger charge is 2.11. The van der Waals surface area contributed by atoms with Gasteiger partial charge in [-0.2, -0.15) is 0 Å². The molecule has 0 bridgehead atoms. The predicted octanol–water partition coefficient (Wildman–Crippen LogP) is 3.50. The number of amides is 3. The summed E-state index contributed by atoms with van der Waals surface area (Å²) in [7, 11) is 0. The van der Waals surface area contributed by atoms with Crippen LogP contribution in [0.25, 0.3) is 0 Å². The van der Waals surface area contributed by atoms with Crippen LogP contribution in [0.2, 0.25) is 0 Å². The highest BCUT2D eigenvalue weighted by Crippen LogP contribution is 2.05. The standard InChI is InChI=1S/C30H36N4O3/c1-22-4-10-25(11-5-22)28(35)31-16-19-34(20-17-32-29(36)26-12-6-23(2)7-13-26)21-18-33-30(37)27-14-8-24(3)9-15-27/h4-15H,16-21H2,1-3H3,(H,31,35)(H,32,36)(H,33,37). The highest BCUT2D eigenvalue weighted by atomic mass is 16.2. The molecule has 0 saturated heterocycles. The summed E-state index contributed by atoms with van der Waals surface area (Å²) in [5.74, 6) is -0.374. The Morgan fingerprint density at radius 1 is 0.486 bits per heavy atom. The Hall–Kier alpha value is -3.97. The summed E-state index contributed by atoms with van der Waals surface area (Å²) >= 11 is 0. The van der Waals surface area contributed by atoms with Crippen molar-refractivity contribution in [2.24, 2.45) is 0 Å². The van der Waals surface area contributed by atoms with E-state index in [1.165, 1.54) is 0 Å². The maximum Gasteiger partial charge on any atom is 0.251 e. The Kier molecular flexibility index (Phi) is 10.4. The first-order chi connectivity index (χ1) is 17.8. The highest BCUT2D eigenvalue weighted by molar-refractivity contribution is 5.95. The van der Waals surface area contributed by atoms with Gasteiger partial charge in [0.1, 0.15) is 0 Å². The lowest BCUT2D eigenvalue weighted by Gasteiger charge is -2.23. The summed E-state index contributed by atoms with van der Waals surface area (Å²) in [5, 5.41) is 8.86. The van der Waals surface area contributed by atoms with Crippen molar-refractivity contribution in [3.63, 3.8) is 0 Å². The van der Waals surface area contributed by atoms with Gasteiger partial charge in [-0.05, 0) is 57.2 Å². The van der Waals surface area contributed by atoms with Crippen molar-refractivity contribution >= 4 is 17.7 Å². The molecule has 0 fully saturated rings. The van der Waals surface area contributed by atoms with E-state index in [1.54, 1.807) is 0 Å². The van der Waals surface area contributed by atoms with Crippen LogP contribution >= 0.6 is 0 Å². The third-order valence-electron chi connectivity index (χ3n) is 6.08. The van der Waals surface area contributed by atoms with E-state index < -0.39 is 0 Å². The van der Waals surface area contributed by atoms with Crippen molar-refractivity contribution in [3.8, 4) is 0 Å². The minimum absolute atomic E-state index is 0.125. The normalized spacial score (nSPS) is 10.7. The number of aryl methyl sites for hydroxylation is 3. The number of hydrogen-bond acceptors (Lipinski definition) is 4. The summed E-state index contributed by atoms with van der Waals surface area (Å²) in [5.41, 5.74) is 5.16. The van der Waals surface area contributed by atoms with Crippen LogP contribution in [0.15, 0.2) is 72.8 Å². The molecular weight excluding hydrogens is 464 g/mol. The fourth-order valence-electron chi connectivity index (χ4n) is 3.74. The van der Waals surface area contributed by atoms with Crippen LogP contribution in [0.5, 0.6) is 0 Å². The molecule has 3 aromatic carbocycles. The largest absolute Gasteiger partial charge is 0.351 e. The molecule has 0 spiro atoms. The zero-order valence-corrected chi connectivity index (χ0v) is 21.8. The van der Waals surface area contributed by atoms with Gasteiger partial charge in [-0.1, -0.05) is 53.1 Å². The van der Waals surface area contributed by atoms with Crippen LogP contribution in [0.3, 0.4) is 0 Å². The number of hydrogen-bond donors (Lipinski definition) is 3. The molecule has 3 N–H and O–H groups in total. The van der Waals surface area contributed by atoms with Gasteiger partial charge in [-0.3, -0.25) is 19.3 Å². The van der Waals surface area contributed by atoms with E-state index >= 15 is 0 Å². The van der Waals surface area contributed by atoms with Gasteiger partial charge in [0, 0.05) is 56.0 Å². The van der Waals surface area contributed by atoms with Gasteiger partial charge in [0.15, 0.2) is 0 Å². The number of carbonyl (C=O) groups is 3. The minimum atomic E-state index is -0.125. The van der Waals surface area contributed by atoms with E-state index in [-0.39, 0.29) is 17.7 Å². The first-order valence-corrected chi connectivity index (χ1v) is 12.6. The lowest BCUT2D eigenvalue weighted by Crippen LogP contribution is -2.43. The SMILES string of the molecule is Cc1ccc(C(=O)NCCN(CCNC(=O)c2ccc(C)cc2)CCNC(=O)c2ccc(C)cc2)cc1. The number of nitrogens with zero attached hydrogens (tertiary/aromatic N) is 1. The molecule has 0 unspecified atom stereocenters. The third-order valence-corrected chi connectivity index (χ3v) is 6.08. The Balaban J connectivity index is 1.50. The topological polar surface area (TPSA) is 90.5 Å². The number of nitrogens with one attached hydrogen (secondary N) is 3. The average Bonchev–Trinajstić information content (AvgIpc) is 2.89. The van der Waals surface area contributed by atoms with Gasteiger partial charge < -0.3 is 16.0 Å². The monoisotopic (exact) mass is 500 g/mol. The van der Waals surface area contributed by atoms with E-state index in [0.29, 0.717) is 56.0 Å². The molecule has 37 heavy (non-hydrogen) atoms. The maximum absolute atomic E-state index is 12.5. The molecule has 0 atom stereocenters. The Labute approximate surface area is 219 Å². The average molecular weight is 501 g/mol. The molecule has 3 amide bonds. The lowest BCUT2D eigenvalue weighted by atomic mass is 10.1. The molecule has 0 radical (unpaired) electrons. The molecule has 3 rings (SSSR count). The maximum atomic E-state index is 12.5. The van der Waals surface area contributed by atoms with Crippen LogP contribution in [-0.4, -0.2) is 61.9 Å². The first-order valence-electron chi connectivity index (χ1n) is 12.6. The fourth-order valence-corrected chi connectivity index (χ4v) is 3.74. The molecule has 0 heterocycles. The lowest BCUT2D eigenvalue weighted by molar-refractivity contribution is 0.0948. The van der Waals surface area contributed by atoms with Gasteiger partial charge in [-0.25, -0.2) is 0 Å². The molecule has 7 nitrogen and oxygen atoms in total. The zero-order valence-electron chi connectivity index (χ0n) is 21.8. The summed E-state index contributed by atoms with van der Waals surface area (Å²) < 4.78 is 0. The third kappa shape index (κ3) is 9.20. The first kappa shape index (κ1) is 27.6. The van der Waals surface area contributed by atoms with Crippen LogP contribution in [-0.2, 0) is 0 Å². The van der Waals surface area contributed by atoms with E-state index in [9.17, 15) is 14.4 Å². The number of benzene rings is 3. The minimum Gasteiger partial charge on any atom is -0.351 e. The summed E-state index contributed by atoms with van der Waals surface area (Å²) in [6, 6.07) is 22.3. The Bertz CT molecular complexity index is 1020. The fraction of sp³-hybridized carbons (Fsp3) is 0.300. The van der Waals surface area contributed by atoms with Gasteiger partial charge in [-0.15, -0.1) is 0 Å². The Morgan fingerprint density at radius 2 is 0.730 bits per heavy atom. The second-order valence-corrected chi connectivity index (χ2v) is 9.21. The van der Waals surface area contributed by atoms with Crippen LogP contribution in [0, 0.1) is 20.8 Å². The number of carbonyl (C=O) groups excluding carboxylic acids is 3. The van der Waals surface area contributed by atoms with Gasteiger partial charge in [0.05, 0.1) is 0 Å². The quantitative estimate of drug-likeness (QED) is 0.355. The Morgan fingerprint density at radius 3 is 0.973 bits per heavy atom. The van der Waals surface area contributed by atoms with E-state index in [4.69, 9.17) is 0 Å². The smallest absolute Gasteiger partial charge is 0.251 e. The predicted molar refractivity (Wildman–Crippen MR) is 147 cm³/mol. The van der Waals surface area contributed by atoms with Crippen molar-refractivity contribution in [3.05, 3.63) is 106 Å². The molecule has 0 aliphatic carbocycles. The van der Waals surface area contributed by atoms with Crippen molar-refractivity contribution < 1.29 is 14.4 Å². The van der Waals surface area contributed by atoms with Crippen molar-refractivity contribution in [1.82, 2.24) is 20.9 Å². The molecule has 194 valence electrons. The van der Waals surface area contributed by atoms with Crippen LogP contribution < -0.4 is 16.0 Å². The molecule has 0 aromatic heterocycles. The molecule has 3 aromatic rings. The summed E-state index contributed by atoms with van der Waals surface area (Å²) in [6.45, 7) is 9.03. The number of rotatable bonds is 12. The molecular formula is C30H36N4O3. The van der Waals surface area contributed by atoms with Gasteiger partial charge in [0.25, 0.3) is 17.7 Å². The summed E-state index contributed by atoms with van der Waals surface area (Å²) in [4.78, 5) is 39.5. The van der Waals surface area contributed by atoms with Crippen LogP contribution in [0.4, 0.5) is 0 Å². The van der Waals surface area contributed by atoms with Crippen molar-refractivity contribution in [1.29, 1.82) is 0 Å². The molecule has 0 saturated carbocycles. The molecule has 7 heteroatoms. The van der Waals surface area contributed by atoms with Crippen molar-refractivity contribution in [2.75, 3.05) is 39.3 Å². The summed E-state index contributed by atoms with van der Waals surface area (Å²) in [6.07, 6.45) is 0. The van der Waals surface area contributed by atoms with E-state index in [0.717, 1.165) is 16.7 Å². The molecule has 0 aliphatic rings. The van der Waals surface area contributed by atoms with Crippen molar-refractivity contribution in [2.45, 2.75) is 20.8 Å². The van der Waals surface area contributed by atoms with Gasteiger partial charge in [0.2, 0.25) is 0 Å². The molecule has 0 aliphatic heterocycles. The van der Waals surface area contributed by atoms with Crippen LogP contribution in [0.1, 0.15) is 47.8 Å².